The van der Waals surface area contributed by atoms with Gasteiger partial charge in [0.2, 0.25) is 0 Å². The second-order valence-corrected chi connectivity index (χ2v) is 7.75. The topological polar surface area (TPSA) is 153 Å². The molecule has 10 nitrogen and oxygen atoms in total. The third-order valence-corrected chi connectivity index (χ3v) is 4.94. The quantitative estimate of drug-likeness (QED) is 0.299. The van der Waals surface area contributed by atoms with E-state index in [0.29, 0.717) is 17.2 Å². The van der Waals surface area contributed by atoms with E-state index >= 15 is 0 Å². The predicted molar refractivity (Wildman–Crippen MR) is 142 cm³/mol. The highest BCUT2D eigenvalue weighted by atomic mass is 19.4. The minimum absolute atomic E-state index is 0.00694. The molecule has 0 aliphatic carbocycles. The van der Waals surface area contributed by atoms with Crippen LogP contribution in [-0.4, -0.2) is 54.8 Å². The van der Waals surface area contributed by atoms with E-state index in [2.05, 4.69) is 28.5 Å². The van der Waals surface area contributed by atoms with Crippen LogP contribution in [0.5, 0.6) is 0 Å². The number of nitrogens with zero attached hydrogens (tertiary/aromatic N) is 4. The summed E-state index contributed by atoms with van der Waals surface area (Å²) in [6.45, 7) is 10.9. The Kier molecular flexibility index (Phi) is 14.7. The zero-order chi connectivity index (χ0) is 29.5. The molecular weight excluding hydrogens is 503 g/mol. The van der Waals surface area contributed by atoms with Crippen molar-refractivity contribution in [2.45, 2.75) is 33.4 Å². The van der Waals surface area contributed by atoms with Gasteiger partial charge < -0.3 is 26.5 Å². The Morgan fingerprint density at radius 1 is 1.29 bits per heavy atom. The van der Waals surface area contributed by atoms with Gasteiger partial charge in [0.25, 0.3) is 5.91 Å². The van der Waals surface area contributed by atoms with Crippen LogP contribution in [0, 0.1) is 11.3 Å². The zero-order valence-electron chi connectivity index (χ0n) is 22.2. The smallest absolute Gasteiger partial charge is 0.416 e. The van der Waals surface area contributed by atoms with Crippen molar-refractivity contribution in [1.29, 1.82) is 5.41 Å². The van der Waals surface area contributed by atoms with Crippen LogP contribution in [0.15, 0.2) is 53.0 Å². The van der Waals surface area contributed by atoms with Crippen molar-refractivity contribution in [2.75, 3.05) is 25.1 Å². The van der Waals surface area contributed by atoms with Crippen molar-refractivity contribution in [3.05, 3.63) is 59.2 Å². The standard InChI is InChI=1S/C12H14F3N.C6H8N2O2.C5H8N4O.C2H6/c1-9-5-6-16(8-9)11-4-2-3-10(7-11)12(13,14)15;1-8-4-5(3-7-8)6(9)10-2;1-9-3(2-6)4(7)5(8)10;1-2/h2-4,7,9H,5-6,8H2,1H3;3-4H,1-2H3;2,6H,1,7H2,(H2,8,10);1-2H3/b;;4-3+,6-2?;/t9-;;;/m0.../s1. The lowest BCUT2D eigenvalue weighted by molar-refractivity contribution is -0.137. The number of primary amides is 1. The highest BCUT2D eigenvalue weighted by molar-refractivity contribution is 5.97. The SMILES string of the molecule is C=N/C(C=N)=C(/N)C(N)=O.CC.COC(=O)c1cnn(C)c1.C[C@H]1CCN(c2cccc(C(F)(F)F)c2)C1. The van der Waals surface area contributed by atoms with Gasteiger partial charge in [-0.1, -0.05) is 26.8 Å². The number of nitrogens with one attached hydrogen (secondary N) is 1. The Labute approximate surface area is 220 Å². The van der Waals surface area contributed by atoms with Crippen molar-refractivity contribution in [3.8, 4) is 0 Å². The molecule has 0 bridgehead atoms. The molecule has 1 aromatic carbocycles. The summed E-state index contributed by atoms with van der Waals surface area (Å²) >= 11 is 0. The molecule has 2 heterocycles. The van der Waals surface area contributed by atoms with Crippen LogP contribution in [0.25, 0.3) is 0 Å². The molecule has 0 unspecified atom stereocenters. The van der Waals surface area contributed by atoms with Crippen molar-refractivity contribution < 1.29 is 27.5 Å². The maximum absolute atomic E-state index is 12.5. The number of aromatic nitrogens is 2. The van der Waals surface area contributed by atoms with Crippen molar-refractivity contribution in [2.24, 2.45) is 29.4 Å². The number of benzene rings is 1. The van der Waals surface area contributed by atoms with Gasteiger partial charge >= 0.3 is 12.1 Å². The first-order valence-corrected chi connectivity index (χ1v) is 11.6. The average molecular weight is 540 g/mol. The fourth-order valence-electron chi connectivity index (χ4n) is 3.03. The molecule has 1 atom stereocenters. The fraction of sp³-hybridized carbons (Fsp3) is 0.400. The molecule has 0 radical (unpaired) electrons. The summed E-state index contributed by atoms with van der Waals surface area (Å²) in [5.41, 5.74) is 10.2. The number of ether oxygens (including phenoxy) is 1. The van der Waals surface area contributed by atoms with E-state index in [9.17, 15) is 22.8 Å². The lowest BCUT2D eigenvalue weighted by Gasteiger charge is -2.19. The second-order valence-electron chi connectivity index (χ2n) is 7.75. The van der Waals surface area contributed by atoms with Crippen LogP contribution in [0.2, 0.25) is 0 Å². The van der Waals surface area contributed by atoms with Gasteiger partial charge in [-0.25, -0.2) is 4.79 Å². The van der Waals surface area contributed by atoms with Crippen molar-refractivity contribution >= 4 is 30.5 Å². The molecule has 1 fully saturated rings. The van der Waals surface area contributed by atoms with Crippen LogP contribution in [-0.2, 0) is 22.8 Å². The fourth-order valence-corrected chi connectivity index (χ4v) is 3.03. The lowest BCUT2D eigenvalue weighted by Crippen LogP contribution is -2.22. The van der Waals surface area contributed by atoms with E-state index < -0.39 is 17.6 Å². The number of amides is 1. The first kappa shape index (κ1) is 33.8. The minimum atomic E-state index is -4.25. The first-order chi connectivity index (χ1) is 17.8. The van der Waals surface area contributed by atoms with Gasteiger partial charge in [-0.2, -0.15) is 18.3 Å². The van der Waals surface area contributed by atoms with Crippen LogP contribution in [0.1, 0.15) is 43.1 Å². The van der Waals surface area contributed by atoms with Crippen LogP contribution < -0.4 is 16.4 Å². The van der Waals surface area contributed by atoms with E-state index in [1.165, 1.54) is 25.4 Å². The molecular formula is C25H36F3N7O3. The highest BCUT2D eigenvalue weighted by Crippen LogP contribution is 2.32. The van der Waals surface area contributed by atoms with Crippen LogP contribution in [0.4, 0.5) is 18.9 Å². The minimum Gasteiger partial charge on any atom is -0.465 e. The Morgan fingerprint density at radius 3 is 2.29 bits per heavy atom. The number of allylic oxidation sites excluding steroid dienone is 1. The predicted octanol–water partition coefficient (Wildman–Crippen LogP) is 3.78. The maximum atomic E-state index is 12.5. The third kappa shape index (κ3) is 11.3. The molecule has 38 heavy (non-hydrogen) atoms. The van der Waals surface area contributed by atoms with E-state index in [1.54, 1.807) is 24.0 Å². The summed E-state index contributed by atoms with van der Waals surface area (Å²) in [6, 6.07) is 5.56. The number of nitrogens with two attached hydrogens (primary N) is 2. The Balaban J connectivity index is 0.000000547. The largest absolute Gasteiger partial charge is 0.465 e. The van der Waals surface area contributed by atoms with Gasteiger partial charge in [-0.3, -0.25) is 14.5 Å². The average Bonchev–Trinajstić information content (AvgIpc) is 3.54. The molecule has 1 saturated heterocycles. The highest BCUT2D eigenvalue weighted by Gasteiger charge is 2.31. The van der Waals surface area contributed by atoms with Crippen LogP contribution >= 0.6 is 0 Å². The number of carbonyl (C=O) groups is 2. The lowest BCUT2D eigenvalue weighted by atomic mass is 10.1. The number of halogens is 3. The number of carbonyl (C=O) groups excluding carboxylic acids is 2. The number of rotatable bonds is 5. The third-order valence-electron chi connectivity index (χ3n) is 4.94. The van der Waals surface area contributed by atoms with Gasteiger partial charge in [0.05, 0.1) is 24.4 Å². The molecule has 0 spiro atoms. The monoisotopic (exact) mass is 539 g/mol. The summed E-state index contributed by atoms with van der Waals surface area (Å²) in [7, 11) is 3.09. The number of esters is 1. The van der Waals surface area contributed by atoms with Gasteiger partial charge in [0.1, 0.15) is 11.4 Å². The molecule has 1 amide bonds. The molecule has 210 valence electrons. The summed E-state index contributed by atoms with van der Waals surface area (Å²) in [4.78, 5) is 26.4. The van der Waals surface area contributed by atoms with Gasteiger partial charge in [0, 0.05) is 38.2 Å². The van der Waals surface area contributed by atoms with E-state index in [0.717, 1.165) is 31.8 Å². The molecule has 0 saturated carbocycles. The molecule has 1 aliphatic heterocycles. The van der Waals surface area contributed by atoms with E-state index in [1.807, 2.05) is 18.7 Å². The number of aryl methyl sites for hydroxylation is 1. The number of alkyl halides is 3. The number of hydrogen-bond donors (Lipinski definition) is 3. The maximum Gasteiger partial charge on any atom is 0.416 e. The van der Waals surface area contributed by atoms with Gasteiger partial charge in [-0.15, -0.1) is 0 Å². The second kappa shape index (κ2) is 16.6. The Bertz CT molecular complexity index is 1090. The van der Waals surface area contributed by atoms with Crippen molar-refractivity contribution in [1.82, 2.24) is 9.78 Å². The summed E-state index contributed by atoms with van der Waals surface area (Å²) in [6.07, 6.45) is 0.683. The van der Waals surface area contributed by atoms with E-state index in [4.69, 9.17) is 16.9 Å². The summed E-state index contributed by atoms with van der Waals surface area (Å²) in [5.74, 6) is -0.589. The first-order valence-electron chi connectivity index (χ1n) is 11.6. The molecule has 1 aromatic heterocycles. The molecule has 5 N–H and O–H groups in total. The molecule has 13 heteroatoms. The van der Waals surface area contributed by atoms with Crippen LogP contribution in [0.3, 0.4) is 0 Å². The number of anilines is 1. The molecule has 3 rings (SSSR count). The number of aliphatic imine (C=N–C) groups is 1. The van der Waals surface area contributed by atoms with Gasteiger partial charge in [-0.05, 0) is 37.3 Å². The number of hydrogen-bond acceptors (Lipinski definition) is 8. The van der Waals surface area contributed by atoms with Gasteiger partial charge in [0.15, 0.2) is 0 Å². The summed E-state index contributed by atoms with van der Waals surface area (Å²) in [5, 5.41) is 10.5. The van der Waals surface area contributed by atoms with Crippen molar-refractivity contribution in [3.63, 3.8) is 0 Å². The summed E-state index contributed by atoms with van der Waals surface area (Å²) < 4.78 is 43.5. The molecule has 2 aromatic rings. The Morgan fingerprint density at radius 2 is 1.92 bits per heavy atom. The zero-order valence-corrected chi connectivity index (χ0v) is 22.2. The molecule has 1 aliphatic rings. The normalized spacial score (nSPS) is 14.7. The number of methoxy groups -OCH3 is 1. The van der Waals surface area contributed by atoms with E-state index in [-0.39, 0.29) is 17.4 Å². The Hall–Kier alpha value is -4.16.